The lowest BCUT2D eigenvalue weighted by Gasteiger charge is -2.31. The molecule has 1 saturated carbocycles. The molecule has 3 fully saturated rings. The van der Waals surface area contributed by atoms with Crippen molar-refractivity contribution in [3.05, 3.63) is 72.8 Å². The normalized spacial score (nSPS) is 25.7. The van der Waals surface area contributed by atoms with E-state index in [0.717, 1.165) is 12.0 Å². The number of sulfonamides is 1. The molecule has 12 heteroatoms. The van der Waals surface area contributed by atoms with Gasteiger partial charge >= 0.3 is 6.09 Å². The van der Waals surface area contributed by atoms with Gasteiger partial charge in [-0.15, -0.1) is 0 Å². The maximum atomic E-state index is 13.9. The molecule has 236 valence electrons. The van der Waals surface area contributed by atoms with Gasteiger partial charge in [0.1, 0.15) is 6.10 Å². The van der Waals surface area contributed by atoms with Crippen LogP contribution in [0.15, 0.2) is 76.5 Å². The van der Waals surface area contributed by atoms with Gasteiger partial charge in [-0.05, 0) is 48.6 Å². The molecule has 2 bridgehead atoms. The van der Waals surface area contributed by atoms with Gasteiger partial charge in [-0.2, -0.15) is 4.31 Å². The second-order valence-corrected chi connectivity index (χ2v) is 14.3. The summed E-state index contributed by atoms with van der Waals surface area (Å²) in [7, 11) is -3.99. The fraction of sp³-hybridized carbons (Fsp3) is 0.500. The van der Waals surface area contributed by atoms with Crippen molar-refractivity contribution < 1.29 is 36.9 Å². The average molecular weight is 626 g/mol. The SMILES string of the molecule is CC(C)CN(CC(O)C(Cc1ccccc1)NC(=O)OC1C2COC3OCC1C3C2)S(=O)(=O)c1ccc(-c2cnco2)cc1. The highest BCUT2D eigenvalue weighted by Gasteiger charge is 2.56. The number of carbonyl (C=O) groups excluding carboxylic acids is 1. The Morgan fingerprint density at radius 3 is 2.52 bits per heavy atom. The van der Waals surface area contributed by atoms with Gasteiger partial charge in [0.2, 0.25) is 10.0 Å². The summed E-state index contributed by atoms with van der Waals surface area (Å²) in [5.74, 6) is 0.918. The molecular formula is C32H39N3O8S. The quantitative estimate of drug-likeness (QED) is 0.308. The number of aliphatic hydroxyl groups excluding tert-OH is 1. The summed E-state index contributed by atoms with van der Waals surface area (Å²) in [5.41, 5.74) is 1.58. The molecule has 0 spiro atoms. The zero-order valence-corrected chi connectivity index (χ0v) is 25.6. The Balaban J connectivity index is 1.19. The molecule has 11 nitrogen and oxygen atoms in total. The van der Waals surface area contributed by atoms with Crippen LogP contribution in [-0.4, -0.2) is 79.7 Å². The Hall–Kier alpha value is -3.29. The van der Waals surface area contributed by atoms with Crippen LogP contribution in [-0.2, 0) is 30.7 Å². The van der Waals surface area contributed by atoms with E-state index in [1.807, 2.05) is 44.2 Å². The highest BCUT2D eigenvalue weighted by molar-refractivity contribution is 7.89. The third kappa shape index (κ3) is 6.54. The van der Waals surface area contributed by atoms with E-state index in [2.05, 4.69) is 10.3 Å². The molecule has 7 unspecified atom stereocenters. The molecule has 3 aromatic rings. The van der Waals surface area contributed by atoms with E-state index in [-0.39, 0.29) is 60.5 Å². The fourth-order valence-electron chi connectivity index (χ4n) is 6.62. The van der Waals surface area contributed by atoms with Gasteiger partial charge < -0.3 is 29.1 Å². The molecule has 3 aliphatic rings. The summed E-state index contributed by atoms with van der Waals surface area (Å²) >= 11 is 0. The second-order valence-electron chi connectivity index (χ2n) is 12.3. The van der Waals surface area contributed by atoms with Crippen molar-refractivity contribution in [3.8, 4) is 11.3 Å². The lowest BCUT2D eigenvalue weighted by atomic mass is 9.98. The van der Waals surface area contributed by atoms with Crippen molar-refractivity contribution in [1.29, 1.82) is 0 Å². The summed E-state index contributed by atoms with van der Waals surface area (Å²) in [6.07, 6.45) is 1.61. The van der Waals surface area contributed by atoms with Gasteiger partial charge in [-0.3, -0.25) is 0 Å². The number of alkyl carbamates (subject to hydrolysis) is 1. The zero-order valence-electron chi connectivity index (χ0n) is 24.8. The molecule has 6 rings (SSSR count). The number of ether oxygens (including phenoxy) is 3. The number of oxazole rings is 1. The van der Waals surface area contributed by atoms with Crippen molar-refractivity contribution in [3.63, 3.8) is 0 Å². The first-order chi connectivity index (χ1) is 21.2. The van der Waals surface area contributed by atoms with Crippen LogP contribution in [0.2, 0.25) is 0 Å². The Morgan fingerprint density at radius 2 is 1.82 bits per heavy atom. The Kier molecular flexibility index (Phi) is 9.06. The monoisotopic (exact) mass is 625 g/mol. The molecule has 1 aromatic heterocycles. The van der Waals surface area contributed by atoms with Gasteiger partial charge in [0.15, 0.2) is 18.4 Å². The smallest absolute Gasteiger partial charge is 0.407 e. The molecule has 2 N–H and O–H groups in total. The first kappa shape index (κ1) is 30.7. The number of nitrogens with one attached hydrogen (secondary N) is 1. The minimum absolute atomic E-state index is 0.0164. The van der Waals surface area contributed by atoms with E-state index in [1.165, 1.54) is 22.8 Å². The van der Waals surface area contributed by atoms with E-state index < -0.39 is 28.3 Å². The van der Waals surface area contributed by atoms with Crippen LogP contribution in [0, 0.1) is 23.7 Å². The molecule has 1 amide bonds. The molecule has 1 aliphatic carbocycles. The Labute approximate surface area is 257 Å². The lowest BCUT2D eigenvalue weighted by Crippen LogP contribution is -2.52. The minimum Gasteiger partial charge on any atom is -0.445 e. The van der Waals surface area contributed by atoms with Crippen LogP contribution < -0.4 is 5.32 Å². The Morgan fingerprint density at radius 1 is 1.07 bits per heavy atom. The topological polar surface area (TPSA) is 140 Å². The number of benzene rings is 2. The number of hydrogen-bond acceptors (Lipinski definition) is 9. The maximum absolute atomic E-state index is 13.9. The molecule has 7 atom stereocenters. The van der Waals surface area contributed by atoms with Crippen molar-refractivity contribution in [2.75, 3.05) is 26.3 Å². The standard InChI is InChI=1S/C32H39N3O8S/c1-20(2)15-35(44(38,39)24-10-8-22(9-11-24)29-14-33-19-42-29)16-28(36)27(12-21-6-4-3-5-7-21)34-32(37)43-30-23-13-25-26(30)18-41-31(25)40-17-23/h3-11,14,19-20,23,25-28,30-31,36H,12-13,15-18H2,1-2H3,(H,34,37). The summed E-state index contributed by atoms with van der Waals surface area (Å²) < 4.78 is 51.8. The van der Waals surface area contributed by atoms with E-state index >= 15 is 0 Å². The van der Waals surface area contributed by atoms with Crippen molar-refractivity contribution in [1.82, 2.24) is 14.6 Å². The van der Waals surface area contributed by atoms with Crippen molar-refractivity contribution in [2.45, 2.75) is 56.1 Å². The predicted molar refractivity (Wildman–Crippen MR) is 160 cm³/mol. The van der Waals surface area contributed by atoms with E-state index in [4.69, 9.17) is 18.6 Å². The van der Waals surface area contributed by atoms with Gasteiger partial charge in [-0.25, -0.2) is 18.2 Å². The van der Waals surface area contributed by atoms with Crippen LogP contribution >= 0.6 is 0 Å². The molecule has 0 radical (unpaired) electrons. The van der Waals surface area contributed by atoms with Crippen LogP contribution in [0.1, 0.15) is 25.8 Å². The summed E-state index contributed by atoms with van der Waals surface area (Å²) in [5, 5.41) is 14.4. The van der Waals surface area contributed by atoms with Gasteiger partial charge in [0.05, 0.1) is 36.5 Å². The zero-order chi connectivity index (χ0) is 30.8. The van der Waals surface area contributed by atoms with Gasteiger partial charge in [0, 0.05) is 36.4 Å². The molecule has 44 heavy (non-hydrogen) atoms. The number of carbonyl (C=O) groups is 1. The van der Waals surface area contributed by atoms with E-state index in [1.54, 1.807) is 18.3 Å². The third-order valence-corrected chi connectivity index (χ3v) is 10.6. The number of hydrogen-bond donors (Lipinski definition) is 2. The number of aliphatic hydroxyl groups is 1. The number of fused-ring (bicyclic) bond motifs is 1. The molecule has 2 saturated heterocycles. The molecule has 3 heterocycles. The van der Waals surface area contributed by atoms with Crippen LogP contribution in [0.4, 0.5) is 4.79 Å². The van der Waals surface area contributed by atoms with E-state index in [0.29, 0.717) is 24.5 Å². The van der Waals surface area contributed by atoms with Gasteiger partial charge in [-0.1, -0.05) is 44.2 Å². The Bertz CT molecular complexity index is 1500. The largest absolute Gasteiger partial charge is 0.445 e. The number of nitrogens with zero attached hydrogens (tertiary/aromatic N) is 2. The van der Waals surface area contributed by atoms with Crippen molar-refractivity contribution >= 4 is 16.1 Å². The second kappa shape index (κ2) is 13.0. The number of rotatable bonds is 12. The maximum Gasteiger partial charge on any atom is 0.407 e. The molecule has 2 aliphatic heterocycles. The summed E-state index contributed by atoms with van der Waals surface area (Å²) in [6, 6.07) is 15.0. The van der Waals surface area contributed by atoms with Crippen LogP contribution in [0.25, 0.3) is 11.3 Å². The van der Waals surface area contributed by atoms with E-state index in [9.17, 15) is 18.3 Å². The first-order valence-electron chi connectivity index (χ1n) is 15.1. The predicted octanol–water partition coefficient (Wildman–Crippen LogP) is 3.69. The number of amides is 1. The van der Waals surface area contributed by atoms with Crippen molar-refractivity contribution in [2.24, 2.45) is 23.7 Å². The lowest BCUT2D eigenvalue weighted by molar-refractivity contribution is -0.169. The molecular weight excluding hydrogens is 586 g/mol. The average Bonchev–Trinajstić information content (AvgIpc) is 3.74. The molecule has 2 aromatic carbocycles. The first-order valence-corrected chi connectivity index (χ1v) is 16.5. The highest BCUT2D eigenvalue weighted by Crippen LogP contribution is 2.49. The fourth-order valence-corrected chi connectivity index (χ4v) is 8.24. The van der Waals surface area contributed by atoms with Crippen LogP contribution in [0.5, 0.6) is 0 Å². The number of aromatic nitrogens is 1. The summed E-state index contributed by atoms with van der Waals surface area (Å²) in [4.78, 5) is 17.3. The highest BCUT2D eigenvalue weighted by atomic mass is 32.2. The van der Waals surface area contributed by atoms with Gasteiger partial charge in [0.25, 0.3) is 0 Å². The van der Waals surface area contributed by atoms with Crippen LogP contribution in [0.3, 0.4) is 0 Å². The summed E-state index contributed by atoms with van der Waals surface area (Å²) in [6.45, 7) is 4.76. The minimum atomic E-state index is -3.99. The third-order valence-electron chi connectivity index (χ3n) is 8.77.